The second-order valence-electron chi connectivity index (χ2n) is 6.47. The van der Waals surface area contributed by atoms with Crippen molar-refractivity contribution in [3.8, 4) is 6.07 Å². The Labute approximate surface area is 153 Å². The van der Waals surface area contributed by atoms with Crippen molar-refractivity contribution in [3.63, 3.8) is 0 Å². The predicted molar refractivity (Wildman–Crippen MR) is 98.9 cm³/mol. The first-order valence-corrected chi connectivity index (χ1v) is 8.62. The third kappa shape index (κ3) is 3.68. The minimum Gasteiger partial charge on any atom is -0.353 e. The molecular formula is C18H23N7O. The first-order chi connectivity index (χ1) is 12.5. The van der Waals surface area contributed by atoms with Gasteiger partial charge in [0.2, 0.25) is 5.91 Å². The molecule has 2 aromatic rings. The van der Waals surface area contributed by atoms with Crippen LogP contribution in [0.25, 0.3) is 0 Å². The van der Waals surface area contributed by atoms with Crippen molar-refractivity contribution >= 4 is 17.4 Å². The Bertz CT molecular complexity index is 844. The fraction of sp³-hybridized carbons (Fsp3) is 0.444. The molecule has 0 bridgehead atoms. The topological polar surface area (TPSA) is 90.1 Å². The first kappa shape index (κ1) is 17.9. The summed E-state index contributed by atoms with van der Waals surface area (Å²) in [5.74, 6) is 0.689. The molecule has 0 aliphatic carbocycles. The molecule has 26 heavy (non-hydrogen) atoms. The lowest BCUT2D eigenvalue weighted by Gasteiger charge is -2.35. The van der Waals surface area contributed by atoms with Gasteiger partial charge in [0, 0.05) is 39.4 Å². The van der Waals surface area contributed by atoms with Gasteiger partial charge in [-0.1, -0.05) is 0 Å². The van der Waals surface area contributed by atoms with Gasteiger partial charge in [-0.15, -0.1) is 0 Å². The number of aryl methyl sites for hydroxylation is 2. The summed E-state index contributed by atoms with van der Waals surface area (Å²) < 4.78 is 1.77. The molecule has 0 spiro atoms. The summed E-state index contributed by atoms with van der Waals surface area (Å²) in [6, 6.07) is 5.73. The van der Waals surface area contributed by atoms with Crippen molar-refractivity contribution in [2.75, 3.05) is 42.9 Å². The molecule has 1 aliphatic rings. The van der Waals surface area contributed by atoms with E-state index in [-0.39, 0.29) is 5.91 Å². The highest BCUT2D eigenvalue weighted by atomic mass is 16.2. The molecule has 0 radical (unpaired) electrons. The lowest BCUT2D eigenvalue weighted by atomic mass is 10.2. The van der Waals surface area contributed by atoms with Gasteiger partial charge in [-0.25, -0.2) is 4.98 Å². The largest absolute Gasteiger partial charge is 0.353 e. The quantitative estimate of drug-likeness (QED) is 0.884. The molecule has 8 heteroatoms. The van der Waals surface area contributed by atoms with Crippen molar-refractivity contribution in [2.45, 2.75) is 13.8 Å². The minimum atomic E-state index is -0.0341. The molecule has 1 aliphatic heterocycles. The number of piperazine rings is 1. The zero-order chi connectivity index (χ0) is 18.7. The maximum absolute atomic E-state index is 12.4. The zero-order valence-electron chi connectivity index (χ0n) is 15.4. The standard InChI is InChI=1S/C18H23N7O/c1-13-17(14(2)23(3)22-13)21-16(26)12-24-7-9-25(10-8-24)18-15(11-19)5-4-6-20-18/h4-6H,7-10,12H2,1-3H3,(H,21,26). The minimum absolute atomic E-state index is 0.0341. The number of nitrogens with one attached hydrogen (secondary N) is 1. The van der Waals surface area contributed by atoms with Crippen LogP contribution in [0.15, 0.2) is 18.3 Å². The molecule has 136 valence electrons. The molecule has 0 unspecified atom stereocenters. The molecule has 1 N–H and O–H groups in total. The van der Waals surface area contributed by atoms with Crippen LogP contribution in [0.4, 0.5) is 11.5 Å². The molecular weight excluding hydrogens is 330 g/mol. The van der Waals surface area contributed by atoms with Crippen LogP contribution in [0.3, 0.4) is 0 Å². The van der Waals surface area contributed by atoms with E-state index in [9.17, 15) is 10.1 Å². The monoisotopic (exact) mass is 353 g/mol. The van der Waals surface area contributed by atoms with Crippen LogP contribution in [0.5, 0.6) is 0 Å². The predicted octanol–water partition coefficient (Wildman–Crippen LogP) is 1.06. The molecule has 3 heterocycles. The van der Waals surface area contributed by atoms with Gasteiger partial charge >= 0.3 is 0 Å². The van der Waals surface area contributed by atoms with E-state index < -0.39 is 0 Å². The van der Waals surface area contributed by atoms with E-state index in [4.69, 9.17) is 0 Å². The summed E-state index contributed by atoms with van der Waals surface area (Å²) in [5, 5.41) is 16.5. The summed E-state index contributed by atoms with van der Waals surface area (Å²) in [6.45, 7) is 7.15. The van der Waals surface area contributed by atoms with Crippen molar-refractivity contribution in [2.24, 2.45) is 7.05 Å². The second kappa shape index (κ2) is 7.54. The number of hydrogen-bond donors (Lipinski definition) is 1. The highest BCUT2D eigenvalue weighted by Gasteiger charge is 2.22. The van der Waals surface area contributed by atoms with Crippen molar-refractivity contribution in [3.05, 3.63) is 35.3 Å². The van der Waals surface area contributed by atoms with E-state index in [2.05, 4.69) is 31.3 Å². The number of carbonyl (C=O) groups is 1. The Morgan fingerprint density at radius 2 is 2.04 bits per heavy atom. The first-order valence-electron chi connectivity index (χ1n) is 8.62. The average Bonchev–Trinajstić information content (AvgIpc) is 2.88. The van der Waals surface area contributed by atoms with Crippen molar-refractivity contribution in [1.82, 2.24) is 19.7 Å². The fourth-order valence-corrected chi connectivity index (χ4v) is 3.19. The average molecular weight is 353 g/mol. The normalized spacial score (nSPS) is 14.9. The maximum atomic E-state index is 12.4. The lowest BCUT2D eigenvalue weighted by Crippen LogP contribution is -2.49. The second-order valence-corrected chi connectivity index (χ2v) is 6.47. The molecule has 0 atom stereocenters. The van der Waals surface area contributed by atoms with E-state index >= 15 is 0 Å². The van der Waals surface area contributed by atoms with Crippen LogP contribution in [-0.2, 0) is 11.8 Å². The number of hydrogen-bond acceptors (Lipinski definition) is 6. The molecule has 1 saturated heterocycles. The third-order valence-corrected chi connectivity index (χ3v) is 4.72. The number of nitrogens with zero attached hydrogens (tertiary/aromatic N) is 6. The molecule has 1 amide bonds. The van der Waals surface area contributed by atoms with Gasteiger partial charge in [-0.3, -0.25) is 14.4 Å². The van der Waals surface area contributed by atoms with Crippen LogP contribution >= 0.6 is 0 Å². The number of nitriles is 1. The van der Waals surface area contributed by atoms with Crippen LogP contribution < -0.4 is 10.2 Å². The highest BCUT2D eigenvalue weighted by molar-refractivity contribution is 5.93. The Kier molecular flexibility index (Phi) is 5.19. The van der Waals surface area contributed by atoms with Crippen molar-refractivity contribution < 1.29 is 4.79 Å². The number of anilines is 2. The number of rotatable bonds is 4. The zero-order valence-corrected chi connectivity index (χ0v) is 15.4. The molecule has 1 fully saturated rings. The molecule has 3 rings (SSSR count). The number of aromatic nitrogens is 3. The molecule has 8 nitrogen and oxygen atoms in total. The summed E-state index contributed by atoms with van der Waals surface area (Å²) in [4.78, 5) is 20.9. The van der Waals surface area contributed by atoms with E-state index in [1.165, 1.54) is 0 Å². The third-order valence-electron chi connectivity index (χ3n) is 4.72. The highest BCUT2D eigenvalue weighted by Crippen LogP contribution is 2.19. The summed E-state index contributed by atoms with van der Waals surface area (Å²) in [6.07, 6.45) is 1.70. The van der Waals surface area contributed by atoms with Crippen LogP contribution in [0.1, 0.15) is 17.0 Å². The van der Waals surface area contributed by atoms with Gasteiger partial charge < -0.3 is 10.2 Å². The van der Waals surface area contributed by atoms with Gasteiger partial charge in [-0.2, -0.15) is 10.4 Å². The van der Waals surface area contributed by atoms with Crippen LogP contribution in [-0.4, -0.2) is 58.3 Å². The van der Waals surface area contributed by atoms with Crippen LogP contribution in [0.2, 0.25) is 0 Å². The van der Waals surface area contributed by atoms with Gasteiger partial charge in [-0.05, 0) is 26.0 Å². The SMILES string of the molecule is Cc1nn(C)c(C)c1NC(=O)CN1CCN(c2ncccc2C#N)CC1. The van der Waals surface area contributed by atoms with E-state index in [1.807, 2.05) is 20.9 Å². The van der Waals surface area contributed by atoms with Crippen molar-refractivity contribution in [1.29, 1.82) is 5.26 Å². The molecule has 0 saturated carbocycles. The summed E-state index contributed by atoms with van der Waals surface area (Å²) in [7, 11) is 1.87. The summed E-state index contributed by atoms with van der Waals surface area (Å²) >= 11 is 0. The Morgan fingerprint density at radius 1 is 1.31 bits per heavy atom. The lowest BCUT2D eigenvalue weighted by molar-refractivity contribution is -0.117. The molecule has 0 aromatic carbocycles. The number of pyridine rings is 1. The Hall–Kier alpha value is -2.92. The number of carbonyl (C=O) groups excluding carboxylic acids is 1. The van der Waals surface area contributed by atoms with Gasteiger partial charge in [0.05, 0.1) is 29.2 Å². The Balaban J connectivity index is 1.55. The van der Waals surface area contributed by atoms with E-state index in [0.29, 0.717) is 12.1 Å². The number of amides is 1. The Morgan fingerprint density at radius 3 is 2.65 bits per heavy atom. The van der Waals surface area contributed by atoms with Gasteiger partial charge in [0.1, 0.15) is 11.9 Å². The summed E-state index contributed by atoms with van der Waals surface area (Å²) in [5.41, 5.74) is 3.15. The maximum Gasteiger partial charge on any atom is 0.238 e. The molecule has 2 aromatic heterocycles. The smallest absolute Gasteiger partial charge is 0.238 e. The van der Waals surface area contributed by atoms with Gasteiger partial charge in [0.15, 0.2) is 0 Å². The van der Waals surface area contributed by atoms with Crippen LogP contribution in [0, 0.1) is 25.2 Å². The van der Waals surface area contributed by atoms with Gasteiger partial charge in [0.25, 0.3) is 0 Å². The van der Waals surface area contributed by atoms with E-state index in [1.54, 1.807) is 23.0 Å². The van der Waals surface area contributed by atoms with E-state index in [0.717, 1.165) is 49.1 Å². The fourth-order valence-electron chi connectivity index (χ4n) is 3.19.